The molecule has 0 unspecified atom stereocenters. The first kappa shape index (κ1) is 15.0. The van der Waals surface area contributed by atoms with Gasteiger partial charge in [0.1, 0.15) is 4.21 Å². The molecular weight excluding hydrogens is 280 g/mol. The summed E-state index contributed by atoms with van der Waals surface area (Å²) in [4.78, 5) is 0. The van der Waals surface area contributed by atoms with Crippen LogP contribution in [0.2, 0.25) is 0 Å². The molecule has 0 bridgehead atoms. The topological polar surface area (TPSA) is 49.4 Å². The van der Waals surface area contributed by atoms with Crippen molar-refractivity contribution in [1.82, 2.24) is 9.62 Å². The van der Waals surface area contributed by atoms with Gasteiger partial charge >= 0.3 is 0 Å². The van der Waals surface area contributed by atoms with Crippen LogP contribution in [0.4, 0.5) is 0 Å². The average Bonchev–Trinajstić information content (AvgIpc) is 3.05. The summed E-state index contributed by atoms with van der Waals surface area (Å²) in [6.07, 6.45) is 3.41. The lowest BCUT2D eigenvalue weighted by Crippen LogP contribution is -2.28. The highest BCUT2D eigenvalue weighted by Gasteiger charge is 2.29. The van der Waals surface area contributed by atoms with Gasteiger partial charge in [-0.2, -0.15) is 4.31 Å². The summed E-state index contributed by atoms with van der Waals surface area (Å²) in [5.74, 6) is 0.574. The molecule has 0 aliphatic heterocycles. The fourth-order valence-corrected chi connectivity index (χ4v) is 4.57. The summed E-state index contributed by atoms with van der Waals surface area (Å²) >= 11 is 1.32. The number of thiophene rings is 1. The van der Waals surface area contributed by atoms with Gasteiger partial charge in [0.15, 0.2) is 0 Å². The van der Waals surface area contributed by atoms with Crippen LogP contribution < -0.4 is 5.32 Å². The normalized spacial score (nSPS) is 16.2. The number of nitrogens with zero attached hydrogens (tertiary/aromatic N) is 1. The minimum atomic E-state index is -3.28. The third-order valence-electron chi connectivity index (χ3n) is 3.26. The fourth-order valence-electron chi connectivity index (χ4n) is 1.91. The first-order valence-electron chi connectivity index (χ1n) is 6.78. The number of rotatable bonds is 8. The van der Waals surface area contributed by atoms with Crippen LogP contribution >= 0.6 is 11.3 Å². The largest absolute Gasteiger partial charge is 0.313 e. The van der Waals surface area contributed by atoms with Crippen molar-refractivity contribution in [2.75, 3.05) is 20.1 Å². The summed E-state index contributed by atoms with van der Waals surface area (Å²) in [6, 6.07) is 1.80. The second-order valence-corrected chi connectivity index (χ2v) is 8.36. The maximum absolute atomic E-state index is 12.4. The second kappa shape index (κ2) is 6.35. The SMILES string of the molecule is CCCNCc1csc(S(=O)(=O)N(C)CC2CC2)c1. The van der Waals surface area contributed by atoms with Gasteiger partial charge < -0.3 is 5.32 Å². The molecule has 6 heteroatoms. The highest BCUT2D eigenvalue weighted by atomic mass is 32.2. The monoisotopic (exact) mass is 302 g/mol. The first-order chi connectivity index (χ1) is 9.04. The molecule has 1 fully saturated rings. The standard InChI is InChI=1S/C13H22N2O2S2/c1-3-6-14-8-12-7-13(18-10-12)19(16,17)15(2)9-11-4-5-11/h7,10-11,14H,3-6,8-9H2,1-2H3. The molecule has 1 aliphatic carbocycles. The van der Waals surface area contributed by atoms with Crippen molar-refractivity contribution in [3.63, 3.8) is 0 Å². The van der Waals surface area contributed by atoms with Gasteiger partial charge in [0.2, 0.25) is 0 Å². The lowest BCUT2D eigenvalue weighted by atomic mass is 10.3. The molecule has 1 aromatic heterocycles. The Hall–Kier alpha value is -0.430. The molecule has 0 atom stereocenters. The minimum Gasteiger partial charge on any atom is -0.313 e. The van der Waals surface area contributed by atoms with E-state index in [0.717, 1.165) is 37.9 Å². The number of nitrogens with one attached hydrogen (secondary N) is 1. The molecule has 1 N–H and O–H groups in total. The van der Waals surface area contributed by atoms with Crippen molar-refractivity contribution in [1.29, 1.82) is 0 Å². The Labute approximate surface area is 119 Å². The Bertz CT molecular complexity index is 506. The summed E-state index contributed by atoms with van der Waals surface area (Å²) in [5, 5.41) is 5.22. The quantitative estimate of drug-likeness (QED) is 0.750. The molecule has 1 saturated carbocycles. The van der Waals surface area contributed by atoms with Crippen molar-refractivity contribution < 1.29 is 8.42 Å². The van der Waals surface area contributed by atoms with E-state index in [0.29, 0.717) is 16.7 Å². The lowest BCUT2D eigenvalue weighted by molar-refractivity contribution is 0.454. The van der Waals surface area contributed by atoms with Crippen LogP contribution in [0.15, 0.2) is 15.7 Å². The molecule has 108 valence electrons. The molecule has 0 aromatic carbocycles. The third kappa shape index (κ3) is 4.02. The Morgan fingerprint density at radius 2 is 2.21 bits per heavy atom. The molecule has 0 amide bonds. The number of hydrogen-bond acceptors (Lipinski definition) is 4. The summed E-state index contributed by atoms with van der Waals surface area (Å²) in [6.45, 7) is 4.47. The van der Waals surface area contributed by atoms with E-state index in [4.69, 9.17) is 0 Å². The van der Waals surface area contributed by atoms with Crippen molar-refractivity contribution in [2.24, 2.45) is 5.92 Å². The highest BCUT2D eigenvalue weighted by Crippen LogP contribution is 2.32. The molecule has 2 rings (SSSR count). The minimum absolute atomic E-state index is 0.462. The molecule has 0 saturated heterocycles. The maximum Gasteiger partial charge on any atom is 0.252 e. The van der Waals surface area contributed by atoms with E-state index in [1.807, 2.05) is 5.38 Å². The smallest absolute Gasteiger partial charge is 0.252 e. The molecule has 0 spiro atoms. The third-order valence-corrected chi connectivity index (χ3v) is 6.55. The number of hydrogen-bond donors (Lipinski definition) is 1. The number of sulfonamides is 1. The van der Waals surface area contributed by atoms with Crippen LogP contribution in [-0.4, -0.2) is 32.9 Å². The van der Waals surface area contributed by atoms with E-state index < -0.39 is 10.0 Å². The lowest BCUT2D eigenvalue weighted by Gasteiger charge is -2.15. The van der Waals surface area contributed by atoms with E-state index >= 15 is 0 Å². The zero-order valence-corrected chi connectivity index (χ0v) is 13.2. The van der Waals surface area contributed by atoms with Crippen LogP contribution in [0.1, 0.15) is 31.7 Å². The van der Waals surface area contributed by atoms with Crippen LogP contribution in [-0.2, 0) is 16.6 Å². The maximum atomic E-state index is 12.4. The van der Waals surface area contributed by atoms with E-state index in [1.165, 1.54) is 15.6 Å². The van der Waals surface area contributed by atoms with Crippen LogP contribution in [0.25, 0.3) is 0 Å². The Balaban J connectivity index is 1.99. The molecule has 4 nitrogen and oxygen atoms in total. The van der Waals surface area contributed by atoms with Gasteiger partial charge in [0, 0.05) is 20.1 Å². The predicted octanol–water partition coefficient (Wildman–Crippen LogP) is 2.28. The van der Waals surface area contributed by atoms with Crippen LogP contribution in [0.5, 0.6) is 0 Å². The van der Waals surface area contributed by atoms with Gasteiger partial charge in [0.25, 0.3) is 10.0 Å². The van der Waals surface area contributed by atoms with Crippen LogP contribution in [0.3, 0.4) is 0 Å². The van der Waals surface area contributed by atoms with Gasteiger partial charge in [0.05, 0.1) is 0 Å². The van der Waals surface area contributed by atoms with Crippen molar-refractivity contribution in [3.05, 3.63) is 17.0 Å². The predicted molar refractivity (Wildman–Crippen MR) is 78.9 cm³/mol. The van der Waals surface area contributed by atoms with Crippen LogP contribution in [0, 0.1) is 5.92 Å². The van der Waals surface area contributed by atoms with E-state index in [1.54, 1.807) is 13.1 Å². The van der Waals surface area contributed by atoms with E-state index in [9.17, 15) is 8.42 Å². The van der Waals surface area contributed by atoms with Crippen molar-refractivity contribution in [3.8, 4) is 0 Å². The molecule has 1 heterocycles. The summed E-state index contributed by atoms with van der Waals surface area (Å²) in [5.41, 5.74) is 1.05. The zero-order chi connectivity index (χ0) is 13.9. The molecule has 1 aromatic rings. The Morgan fingerprint density at radius 1 is 1.47 bits per heavy atom. The molecule has 1 aliphatic rings. The Morgan fingerprint density at radius 3 is 2.84 bits per heavy atom. The zero-order valence-electron chi connectivity index (χ0n) is 11.6. The van der Waals surface area contributed by atoms with E-state index in [2.05, 4.69) is 12.2 Å². The average molecular weight is 302 g/mol. The summed E-state index contributed by atoms with van der Waals surface area (Å²) < 4.78 is 26.7. The van der Waals surface area contributed by atoms with Crippen molar-refractivity contribution in [2.45, 2.75) is 36.9 Å². The van der Waals surface area contributed by atoms with Crippen molar-refractivity contribution >= 4 is 21.4 Å². The molecule has 0 radical (unpaired) electrons. The van der Waals surface area contributed by atoms with Gasteiger partial charge in [-0.1, -0.05) is 6.92 Å². The van der Waals surface area contributed by atoms with Gasteiger partial charge in [-0.15, -0.1) is 11.3 Å². The first-order valence-corrected chi connectivity index (χ1v) is 9.10. The molecular formula is C13H22N2O2S2. The van der Waals surface area contributed by atoms with Gasteiger partial charge in [-0.05, 0) is 48.7 Å². The highest BCUT2D eigenvalue weighted by molar-refractivity contribution is 7.91. The molecule has 19 heavy (non-hydrogen) atoms. The van der Waals surface area contributed by atoms with Gasteiger partial charge in [-0.25, -0.2) is 8.42 Å². The van der Waals surface area contributed by atoms with Gasteiger partial charge in [-0.3, -0.25) is 0 Å². The second-order valence-electron chi connectivity index (χ2n) is 5.18. The summed E-state index contributed by atoms with van der Waals surface area (Å²) in [7, 11) is -1.60. The van der Waals surface area contributed by atoms with E-state index in [-0.39, 0.29) is 0 Å². The Kier molecular flexibility index (Phi) is 5.00. The fraction of sp³-hybridized carbons (Fsp3) is 0.692.